The number of amides is 1. The molecular formula is C25H26Cl2N2O3. The van der Waals surface area contributed by atoms with Crippen molar-refractivity contribution in [3.63, 3.8) is 0 Å². The number of aromatic nitrogens is 1. The molecule has 2 N–H and O–H groups in total. The van der Waals surface area contributed by atoms with E-state index in [1.54, 1.807) is 25.2 Å². The highest BCUT2D eigenvalue weighted by atomic mass is 35.5. The summed E-state index contributed by atoms with van der Waals surface area (Å²) in [5.41, 5.74) is 2.86. The molecule has 32 heavy (non-hydrogen) atoms. The van der Waals surface area contributed by atoms with E-state index in [4.69, 9.17) is 23.2 Å². The summed E-state index contributed by atoms with van der Waals surface area (Å²) >= 11 is 12.0. The van der Waals surface area contributed by atoms with Crippen LogP contribution in [0.4, 0.5) is 0 Å². The van der Waals surface area contributed by atoms with Gasteiger partial charge in [0.15, 0.2) is 5.75 Å². The van der Waals surface area contributed by atoms with E-state index in [0.717, 1.165) is 16.7 Å². The molecule has 3 rings (SSSR count). The predicted molar refractivity (Wildman–Crippen MR) is 130 cm³/mol. The SMILES string of the molecule is CC(C)c1cccc(-c2cc(C(=O)NCCCc3ccc(Cl)c(Cl)c3)c(O)c(=O)n2C)c1. The first kappa shape index (κ1) is 23.9. The molecule has 5 nitrogen and oxygen atoms in total. The van der Waals surface area contributed by atoms with Crippen molar-refractivity contribution in [1.82, 2.24) is 9.88 Å². The Morgan fingerprint density at radius 2 is 1.84 bits per heavy atom. The van der Waals surface area contributed by atoms with E-state index in [1.807, 2.05) is 30.3 Å². The number of aromatic hydroxyl groups is 1. The lowest BCUT2D eigenvalue weighted by atomic mass is 9.98. The highest BCUT2D eigenvalue weighted by Gasteiger charge is 2.19. The highest BCUT2D eigenvalue weighted by molar-refractivity contribution is 6.42. The lowest BCUT2D eigenvalue weighted by Crippen LogP contribution is -2.28. The van der Waals surface area contributed by atoms with Crippen LogP contribution in [0.25, 0.3) is 11.3 Å². The summed E-state index contributed by atoms with van der Waals surface area (Å²) in [7, 11) is 1.58. The minimum atomic E-state index is -0.613. The van der Waals surface area contributed by atoms with Crippen molar-refractivity contribution in [2.45, 2.75) is 32.6 Å². The first-order chi connectivity index (χ1) is 15.2. The fourth-order valence-corrected chi connectivity index (χ4v) is 3.80. The number of hydrogen-bond acceptors (Lipinski definition) is 3. The summed E-state index contributed by atoms with van der Waals surface area (Å²) in [6.07, 6.45) is 1.37. The normalized spacial score (nSPS) is 11.1. The lowest BCUT2D eigenvalue weighted by Gasteiger charge is -2.14. The van der Waals surface area contributed by atoms with E-state index in [2.05, 4.69) is 19.2 Å². The number of hydrogen-bond donors (Lipinski definition) is 2. The van der Waals surface area contributed by atoms with Gasteiger partial charge in [-0.05, 0) is 59.7 Å². The van der Waals surface area contributed by atoms with Crippen LogP contribution in [-0.2, 0) is 13.5 Å². The molecule has 0 atom stereocenters. The van der Waals surface area contributed by atoms with Crippen molar-refractivity contribution in [1.29, 1.82) is 0 Å². The highest BCUT2D eigenvalue weighted by Crippen LogP contribution is 2.26. The van der Waals surface area contributed by atoms with E-state index in [0.29, 0.717) is 41.0 Å². The third-order valence-corrected chi connectivity index (χ3v) is 6.15. The monoisotopic (exact) mass is 472 g/mol. The fraction of sp³-hybridized carbons (Fsp3) is 0.280. The minimum absolute atomic E-state index is 0.0346. The Morgan fingerprint density at radius 3 is 2.53 bits per heavy atom. The molecule has 0 unspecified atom stereocenters. The standard InChI is InChI=1S/C25H26Cl2N2O3/c1-15(2)17-7-4-8-18(13-17)22-14-19(23(30)25(32)29(22)3)24(31)28-11-5-6-16-9-10-20(26)21(27)12-16/h4,7-10,12-15,30H,5-6,11H2,1-3H3,(H,28,31). The van der Waals surface area contributed by atoms with E-state index < -0.39 is 17.2 Å². The van der Waals surface area contributed by atoms with Crippen LogP contribution in [0.2, 0.25) is 10.0 Å². The van der Waals surface area contributed by atoms with E-state index in [1.165, 1.54) is 4.57 Å². The van der Waals surface area contributed by atoms with Crippen LogP contribution >= 0.6 is 23.2 Å². The maximum Gasteiger partial charge on any atom is 0.293 e. The third kappa shape index (κ3) is 5.34. The average molecular weight is 473 g/mol. The van der Waals surface area contributed by atoms with Gasteiger partial charge in [0.2, 0.25) is 0 Å². The number of carbonyl (C=O) groups is 1. The Morgan fingerprint density at radius 1 is 1.09 bits per heavy atom. The molecule has 7 heteroatoms. The zero-order valence-electron chi connectivity index (χ0n) is 18.3. The van der Waals surface area contributed by atoms with Crippen LogP contribution in [-0.4, -0.2) is 22.1 Å². The van der Waals surface area contributed by atoms with E-state index in [-0.39, 0.29) is 5.56 Å². The summed E-state index contributed by atoms with van der Waals surface area (Å²) in [4.78, 5) is 25.3. The molecule has 0 aliphatic heterocycles. The van der Waals surface area contributed by atoms with E-state index in [9.17, 15) is 14.7 Å². The maximum atomic E-state index is 12.7. The molecule has 0 aliphatic rings. The Balaban J connectivity index is 1.77. The number of carbonyl (C=O) groups excluding carboxylic acids is 1. The quantitative estimate of drug-likeness (QED) is 0.442. The first-order valence-corrected chi connectivity index (χ1v) is 11.2. The predicted octanol–water partition coefficient (Wildman–Crippen LogP) is 5.55. The maximum absolute atomic E-state index is 12.7. The van der Waals surface area contributed by atoms with Gasteiger partial charge in [0.05, 0.1) is 21.3 Å². The van der Waals surface area contributed by atoms with Crippen LogP contribution in [0.5, 0.6) is 5.75 Å². The van der Waals surface area contributed by atoms with Gasteiger partial charge in [0.25, 0.3) is 11.5 Å². The van der Waals surface area contributed by atoms with Crippen LogP contribution in [0.15, 0.2) is 53.3 Å². The number of nitrogens with zero attached hydrogens (tertiary/aromatic N) is 1. The van der Waals surface area contributed by atoms with Gasteiger partial charge in [-0.1, -0.05) is 61.3 Å². The molecule has 1 aromatic heterocycles. The number of nitrogens with one attached hydrogen (secondary N) is 1. The summed E-state index contributed by atoms with van der Waals surface area (Å²) < 4.78 is 1.36. The summed E-state index contributed by atoms with van der Waals surface area (Å²) in [6, 6.07) is 14.8. The number of halogens is 2. The molecular weight excluding hydrogens is 447 g/mol. The Kier molecular flexibility index (Phi) is 7.64. The summed E-state index contributed by atoms with van der Waals surface area (Å²) in [5.74, 6) is -0.726. The second-order valence-corrected chi connectivity index (χ2v) is 8.86. The zero-order valence-corrected chi connectivity index (χ0v) is 19.8. The van der Waals surface area contributed by atoms with Crippen molar-refractivity contribution in [2.75, 3.05) is 6.54 Å². The largest absolute Gasteiger partial charge is 0.502 e. The number of rotatable bonds is 7. The van der Waals surface area contributed by atoms with Gasteiger partial charge in [-0.3, -0.25) is 9.59 Å². The summed E-state index contributed by atoms with van der Waals surface area (Å²) in [6.45, 7) is 4.56. The fourth-order valence-electron chi connectivity index (χ4n) is 3.48. The van der Waals surface area contributed by atoms with Gasteiger partial charge >= 0.3 is 0 Å². The van der Waals surface area contributed by atoms with Gasteiger partial charge in [-0.2, -0.15) is 0 Å². The Hall–Kier alpha value is -2.76. The molecule has 0 saturated carbocycles. The minimum Gasteiger partial charge on any atom is -0.502 e. The van der Waals surface area contributed by atoms with Gasteiger partial charge in [0.1, 0.15) is 0 Å². The van der Waals surface area contributed by atoms with Crippen molar-refractivity contribution in [2.24, 2.45) is 7.05 Å². The van der Waals surface area contributed by atoms with Gasteiger partial charge in [-0.15, -0.1) is 0 Å². The molecule has 0 fully saturated rings. The topological polar surface area (TPSA) is 71.3 Å². The molecule has 3 aromatic rings. The average Bonchev–Trinajstić information content (AvgIpc) is 2.77. The van der Waals surface area contributed by atoms with Gasteiger partial charge in [-0.25, -0.2) is 0 Å². The number of benzene rings is 2. The molecule has 168 valence electrons. The molecule has 0 spiro atoms. The van der Waals surface area contributed by atoms with Crippen LogP contribution in [0.3, 0.4) is 0 Å². The molecule has 0 saturated heterocycles. The lowest BCUT2D eigenvalue weighted by molar-refractivity contribution is 0.0950. The third-order valence-electron chi connectivity index (χ3n) is 5.41. The number of aryl methyl sites for hydroxylation is 1. The number of pyridine rings is 1. The molecule has 0 aliphatic carbocycles. The molecule has 1 heterocycles. The Bertz CT molecular complexity index is 1200. The van der Waals surface area contributed by atoms with Crippen LogP contribution in [0.1, 0.15) is 47.7 Å². The van der Waals surface area contributed by atoms with Gasteiger partial charge in [0, 0.05) is 13.6 Å². The molecule has 0 bridgehead atoms. The second kappa shape index (κ2) is 10.2. The zero-order chi connectivity index (χ0) is 23.4. The van der Waals surface area contributed by atoms with Crippen molar-refractivity contribution in [3.05, 3.63) is 85.6 Å². The van der Waals surface area contributed by atoms with E-state index >= 15 is 0 Å². The smallest absolute Gasteiger partial charge is 0.293 e. The van der Waals surface area contributed by atoms with Crippen LogP contribution < -0.4 is 10.9 Å². The Labute approximate surface area is 197 Å². The van der Waals surface area contributed by atoms with Crippen molar-refractivity contribution in [3.8, 4) is 17.0 Å². The van der Waals surface area contributed by atoms with Crippen molar-refractivity contribution < 1.29 is 9.90 Å². The van der Waals surface area contributed by atoms with Crippen LogP contribution in [0, 0.1) is 0 Å². The second-order valence-electron chi connectivity index (χ2n) is 8.04. The van der Waals surface area contributed by atoms with Gasteiger partial charge < -0.3 is 15.0 Å². The molecule has 1 amide bonds. The van der Waals surface area contributed by atoms with Crippen molar-refractivity contribution >= 4 is 29.1 Å². The molecule has 2 aromatic carbocycles. The molecule has 0 radical (unpaired) electrons. The first-order valence-electron chi connectivity index (χ1n) is 10.4. The summed E-state index contributed by atoms with van der Waals surface area (Å²) in [5, 5.41) is 14.1.